The van der Waals surface area contributed by atoms with Crippen LogP contribution in [0.5, 0.6) is 11.5 Å². The number of methoxy groups -OCH3 is 1. The van der Waals surface area contributed by atoms with Crippen molar-refractivity contribution < 1.29 is 14.3 Å². The van der Waals surface area contributed by atoms with Crippen molar-refractivity contribution in [3.05, 3.63) is 94.4 Å². The van der Waals surface area contributed by atoms with E-state index in [1.165, 1.54) is 23.0 Å². The monoisotopic (exact) mass is 499 g/mol. The SMILES string of the molecule is COc1ccc(N2CCN(C3=NC(=O)/C(=C/c4ccccc4OCc4ccc(C)cc4)S3)CC2)cc1. The zero-order valence-corrected chi connectivity index (χ0v) is 21.3. The highest BCUT2D eigenvalue weighted by Gasteiger charge is 2.28. The Morgan fingerprint density at radius 3 is 2.33 bits per heavy atom. The summed E-state index contributed by atoms with van der Waals surface area (Å²) in [4.78, 5) is 22.3. The maximum absolute atomic E-state index is 12.7. The van der Waals surface area contributed by atoms with Gasteiger partial charge in [-0.25, -0.2) is 0 Å². The molecule has 1 saturated heterocycles. The number of piperazine rings is 1. The third kappa shape index (κ3) is 5.57. The van der Waals surface area contributed by atoms with E-state index in [-0.39, 0.29) is 5.91 Å². The number of amidine groups is 1. The fourth-order valence-electron chi connectivity index (χ4n) is 4.20. The molecule has 0 radical (unpaired) electrons. The van der Waals surface area contributed by atoms with Crippen molar-refractivity contribution in [2.45, 2.75) is 13.5 Å². The van der Waals surface area contributed by atoms with E-state index in [2.05, 4.69) is 58.1 Å². The maximum atomic E-state index is 12.7. The average molecular weight is 500 g/mol. The second-order valence-electron chi connectivity index (χ2n) is 8.79. The van der Waals surface area contributed by atoms with Crippen molar-refractivity contribution >= 4 is 34.6 Å². The predicted molar refractivity (Wildman–Crippen MR) is 147 cm³/mol. The lowest BCUT2D eigenvalue weighted by Gasteiger charge is -2.36. The quantitative estimate of drug-likeness (QED) is 0.425. The van der Waals surface area contributed by atoms with Gasteiger partial charge >= 0.3 is 0 Å². The maximum Gasteiger partial charge on any atom is 0.286 e. The number of hydrogen-bond acceptors (Lipinski definition) is 6. The summed E-state index contributed by atoms with van der Waals surface area (Å²) in [5.74, 6) is 1.41. The number of benzene rings is 3. The molecule has 0 unspecified atom stereocenters. The standard InChI is InChI=1S/C29H29N3O3S/c1-21-7-9-22(10-8-21)20-35-26-6-4-3-5-23(26)19-27-28(33)30-29(36-27)32-17-15-31(16-18-32)24-11-13-25(34-2)14-12-24/h3-14,19H,15-18,20H2,1-2H3/b27-19-. The summed E-state index contributed by atoms with van der Waals surface area (Å²) in [6, 6.07) is 24.2. The minimum Gasteiger partial charge on any atom is -0.497 e. The van der Waals surface area contributed by atoms with E-state index in [0.29, 0.717) is 11.5 Å². The molecule has 0 N–H and O–H groups in total. The lowest BCUT2D eigenvalue weighted by molar-refractivity contribution is -0.113. The minimum absolute atomic E-state index is 0.194. The summed E-state index contributed by atoms with van der Waals surface area (Å²) in [5.41, 5.74) is 4.38. The van der Waals surface area contributed by atoms with E-state index in [1.54, 1.807) is 7.11 Å². The molecule has 36 heavy (non-hydrogen) atoms. The van der Waals surface area contributed by atoms with Crippen LogP contribution in [0.1, 0.15) is 16.7 Å². The fraction of sp³-hybridized carbons (Fsp3) is 0.241. The number of hydrogen-bond donors (Lipinski definition) is 0. The molecule has 2 aliphatic heterocycles. The van der Waals surface area contributed by atoms with Crippen molar-refractivity contribution in [1.29, 1.82) is 0 Å². The summed E-state index contributed by atoms with van der Waals surface area (Å²) in [5, 5.41) is 0.777. The van der Waals surface area contributed by atoms with Gasteiger partial charge in [0, 0.05) is 37.4 Å². The van der Waals surface area contributed by atoms with Gasteiger partial charge in [-0.3, -0.25) is 4.79 Å². The third-order valence-electron chi connectivity index (χ3n) is 6.32. The molecule has 5 rings (SSSR count). The molecule has 7 heteroatoms. The number of anilines is 1. The van der Waals surface area contributed by atoms with Crippen molar-refractivity contribution in [1.82, 2.24) is 4.90 Å². The van der Waals surface area contributed by atoms with Gasteiger partial charge in [-0.1, -0.05) is 48.0 Å². The molecule has 0 atom stereocenters. The Hall–Kier alpha value is -3.71. The number of rotatable bonds is 6. The van der Waals surface area contributed by atoms with Crippen LogP contribution in [0.3, 0.4) is 0 Å². The summed E-state index contributed by atoms with van der Waals surface area (Å²) in [6.45, 7) is 5.91. The van der Waals surface area contributed by atoms with Crippen LogP contribution in [0.15, 0.2) is 82.7 Å². The highest BCUT2D eigenvalue weighted by Crippen LogP contribution is 2.33. The van der Waals surface area contributed by atoms with Crippen LogP contribution in [0.25, 0.3) is 6.08 Å². The van der Waals surface area contributed by atoms with Crippen LogP contribution in [0.4, 0.5) is 5.69 Å². The van der Waals surface area contributed by atoms with Crippen LogP contribution < -0.4 is 14.4 Å². The highest BCUT2D eigenvalue weighted by atomic mass is 32.2. The number of carbonyl (C=O) groups is 1. The van der Waals surface area contributed by atoms with Crippen LogP contribution in [0.2, 0.25) is 0 Å². The van der Waals surface area contributed by atoms with Crippen LogP contribution in [-0.2, 0) is 11.4 Å². The van der Waals surface area contributed by atoms with E-state index in [1.807, 2.05) is 42.5 Å². The molecule has 0 aromatic heterocycles. The van der Waals surface area contributed by atoms with Crippen molar-refractivity contribution in [3.8, 4) is 11.5 Å². The summed E-state index contributed by atoms with van der Waals surface area (Å²) < 4.78 is 11.4. The molecule has 2 aliphatic rings. The van der Waals surface area contributed by atoms with Crippen LogP contribution >= 0.6 is 11.8 Å². The molecule has 0 saturated carbocycles. The summed E-state index contributed by atoms with van der Waals surface area (Å²) in [7, 11) is 1.68. The first kappa shape index (κ1) is 24.0. The van der Waals surface area contributed by atoms with E-state index in [9.17, 15) is 4.79 Å². The normalized spacial score (nSPS) is 16.9. The Bertz CT molecular complexity index is 1280. The number of aryl methyl sites for hydroxylation is 1. The molecule has 2 heterocycles. The Morgan fingerprint density at radius 2 is 1.61 bits per heavy atom. The first-order valence-electron chi connectivity index (χ1n) is 12.0. The Kier molecular flexibility index (Phi) is 7.28. The third-order valence-corrected chi connectivity index (χ3v) is 7.36. The minimum atomic E-state index is -0.194. The molecule has 0 spiro atoms. The first-order valence-corrected chi connectivity index (χ1v) is 12.8. The van der Waals surface area contributed by atoms with E-state index in [4.69, 9.17) is 9.47 Å². The number of carbonyl (C=O) groups excluding carboxylic acids is 1. The van der Waals surface area contributed by atoms with Crippen molar-refractivity contribution in [2.75, 3.05) is 38.2 Å². The number of aliphatic imine (C=N–C) groups is 1. The molecular formula is C29H29N3O3S. The molecule has 3 aromatic rings. The van der Waals surface area contributed by atoms with Gasteiger partial charge in [-0.2, -0.15) is 4.99 Å². The number of amides is 1. The molecule has 184 valence electrons. The Morgan fingerprint density at radius 1 is 0.917 bits per heavy atom. The van der Waals surface area contributed by atoms with Gasteiger partial charge in [0.25, 0.3) is 5.91 Å². The second-order valence-corrected chi connectivity index (χ2v) is 9.80. The van der Waals surface area contributed by atoms with Gasteiger partial charge in [0.2, 0.25) is 0 Å². The molecule has 1 amide bonds. The smallest absolute Gasteiger partial charge is 0.286 e. The Labute approximate surface area is 216 Å². The van der Waals surface area contributed by atoms with Gasteiger partial charge in [-0.15, -0.1) is 0 Å². The van der Waals surface area contributed by atoms with E-state index >= 15 is 0 Å². The summed E-state index contributed by atoms with van der Waals surface area (Å²) in [6.07, 6.45) is 1.89. The van der Waals surface area contributed by atoms with Crippen LogP contribution in [0, 0.1) is 6.92 Å². The largest absolute Gasteiger partial charge is 0.497 e. The number of nitrogens with zero attached hydrogens (tertiary/aromatic N) is 3. The molecule has 6 nitrogen and oxygen atoms in total. The highest BCUT2D eigenvalue weighted by molar-refractivity contribution is 8.18. The number of thioether (sulfide) groups is 1. The molecule has 0 aliphatic carbocycles. The van der Waals surface area contributed by atoms with Gasteiger partial charge < -0.3 is 19.3 Å². The lowest BCUT2D eigenvalue weighted by Crippen LogP contribution is -2.47. The molecular weight excluding hydrogens is 470 g/mol. The fourth-order valence-corrected chi connectivity index (χ4v) is 5.16. The van der Waals surface area contributed by atoms with E-state index < -0.39 is 0 Å². The number of ether oxygens (including phenoxy) is 2. The van der Waals surface area contributed by atoms with Gasteiger partial charge in [0.15, 0.2) is 5.17 Å². The Balaban J connectivity index is 1.21. The van der Waals surface area contributed by atoms with E-state index in [0.717, 1.165) is 54.0 Å². The summed E-state index contributed by atoms with van der Waals surface area (Å²) >= 11 is 1.44. The zero-order chi connectivity index (χ0) is 24.9. The van der Waals surface area contributed by atoms with Crippen molar-refractivity contribution in [2.24, 2.45) is 4.99 Å². The van der Waals surface area contributed by atoms with Gasteiger partial charge in [0.05, 0.1) is 12.0 Å². The molecule has 1 fully saturated rings. The van der Waals surface area contributed by atoms with Crippen LogP contribution in [-0.4, -0.2) is 49.3 Å². The first-order chi connectivity index (χ1) is 17.6. The average Bonchev–Trinajstić information content (AvgIpc) is 3.29. The second kappa shape index (κ2) is 10.9. The lowest BCUT2D eigenvalue weighted by atomic mass is 10.1. The molecule has 0 bridgehead atoms. The van der Waals surface area contributed by atoms with Gasteiger partial charge in [0.1, 0.15) is 18.1 Å². The predicted octanol–water partition coefficient (Wildman–Crippen LogP) is 5.38. The number of para-hydroxylation sites is 1. The molecule has 3 aromatic carbocycles. The van der Waals surface area contributed by atoms with Gasteiger partial charge in [-0.05, 0) is 60.7 Å². The van der Waals surface area contributed by atoms with Crippen molar-refractivity contribution in [3.63, 3.8) is 0 Å². The topological polar surface area (TPSA) is 54.4 Å². The zero-order valence-electron chi connectivity index (χ0n) is 20.5.